The molecule has 0 bridgehead atoms. The van der Waals surface area contributed by atoms with Crippen molar-refractivity contribution in [3.05, 3.63) is 23.9 Å². The molecule has 1 aliphatic heterocycles. The third-order valence-corrected chi connectivity index (χ3v) is 3.51. The van der Waals surface area contributed by atoms with Crippen LogP contribution in [0.4, 0.5) is 5.82 Å². The van der Waals surface area contributed by atoms with Gasteiger partial charge in [-0.05, 0) is 51.8 Å². The number of likely N-dealkylation sites (tertiary alicyclic amines) is 1. The molecule has 0 saturated carbocycles. The third-order valence-electron chi connectivity index (χ3n) is 3.51. The van der Waals surface area contributed by atoms with Crippen molar-refractivity contribution in [2.75, 3.05) is 25.0 Å². The van der Waals surface area contributed by atoms with E-state index in [4.69, 9.17) is 0 Å². The summed E-state index contributed by atoms with van der Waals surface area (Å²) in [5, 5.41) is 3.45. The molecule has 2 rings (SSSR count). The lowest BCUT2D eigenvalue weighted by molar-refractivity contribution is 0.266. The summed E-state index contributed by atoms with van der Waals surface area (Å²) in [5.74, 6) is 1.77. The monoisotopic (exact) mass is 233 g/mol. The van der Waals surface area contributed by atoms with Crippen molar-refractivity contribution in [3.8, 4) is 0 Å². The van der Waals surface area contributed by atoms with Gasteiger partial charge in [-0.3, -0.25) is 0 Å². The van der Waals surface area contributed by atoms with E-state index in [2.05, 4.69) is 35.1 Å². The predicted octanol–water partition coefficient (Wildman–Crippen LogP) is 2.53. The second-order valence-electron chi connectivity index (χ2n) is 5.29. The number of hydrogen-bond acceptors (Lipinski definition) is 3. The summed E-state index contributed by atoms with van der Waals surface area (Å²) >= 11 is 0. The van der Waals surface area contributed by atoms with Gasteiger partial charge in [-0.15, -0.1) is 0 Å². The minimum Gasteiger partial charge on any atom is -0.370 e. The van der Waals surface area contributed by atoms with Gasteiger partial charge in [-0.1, -0.05) is 6.07 Å². The largest absolute Gasteiger partial charge is 0.370 e. The third kappa shape index (κ3) is 3.43. The Morgan fingerprint density at radius 2 is 2.29 bits per heavy atom. The lowest BCUT2D eigenvalue weighted by Crippen LogP contribution is -2.29. The first-order valence-corrected chi connectivity index (χ1v) is 6.56. The molecule has 2 heterocycles. The lowest BCUT2D eigenvalue weighted by Gasteiger charge is -2.20. The van der Waals surface area contributed by atoms with Gasteiger partial charge < -0.3 is 10.2 Å². The summed E-state index contributed by atoms with van der Waals surface area (Å²) < 4.78 is 0. The maximum atomic E-state index is 4.46. The molecule has 1 aromatic rings. The van der Waals surface area contributed by atoms with E-state index in [-0.39, 0.29) is 0 Å². The fourth-order valence-corrected chi connectivity index (χ4v) is 2.39. The molecule has 17 heavy (non-hydrogen) atoms. The molecular formula is C14H23N3. The molecule has 0 amide bonds. The number of rotatable bonds is 4. The smallest absolute Gasteiger partial charge is 0.126 e. The molecule has 1 fully saturated rings. The van der Waals surface area contributed by atoms with Crippen molar-refractivity contribution in [1.82, 2.24) is 9.88 Å². The van der Waals surface area contributed by atoms with Gasteiger partial charge in [0.1, 0.15) is 5.82 Å². The molecule has 1 unspecified atom stereocenters. The Morgan fingerprint density at radius 3 is 2.94 bits per heavy atom. The number of aryl methyl sites for hydroxylation is 1. The van der Waals surface area contributed by atoms with Crippen molar-refractivity contribution in [1.29, 1.82) is 0 Å². The van der Waals surface area contributed by atoms with E-state index < -0.39 is 0 Å². The van der Waals surface area contributed by atoms with Gasteiger partial charge in [-0.25, -0.2) is 4.98 Å². The first-order valence-electron chi connectivity index (χ1n) is 6.56. The number of nitrogens with zero attached hydrogens (tertiary/aromatic N) is 2. The highest BCUT2D eigenvalue weighted by Gasteiger charge is 2.23. The molecule has 0 aliphatic carbocycles. The Balaban J connectivity index is 1.80. The number of anilines is 1. The van der Waals surface area contributed by atoms with Gasteiger partial charge in [0.25, 0.3) is 0 Å². The Bertz CT molecular complexity index is 362. The Kier molecular flexibility index (Phi) is 4.00. The van der Waals surface area contributed by atoms with Crippen LogP contribution in [-0.2, 0) is 0 Å². The van der Waals surface area contributed by atoms with Gasteiger partial charge in [0, 0.05) is 24.8 Å². The molecule has 3 heteroatoms. The molecule has 1 atom stereocenters. The molecule has 94 valence electrons. The quantitative estimate of drug-likeness (QED) is 0.866. The maximum absolute atomic E-state index is 4.46. The van der Waals surface area contributed by atoms with Crippen molar-refractivity contribution in [2.24, 2.45) is 5.92 Å². The number of aromatic nitrogens is 1. The summed E-state index contributed by atoms with van der Waals surface area (Å²) in [4.78, 5) is 7.02. The van der Waals surface area contributed by atoms with E-state index in [1.54, 1.807) is 0 Å². The normalized spacial score (nSPS) is 21.1. The second kappa shape index (κ2) is 5.50. The van der Waals surface area contributed by atoms with Crippen molar-refractivity contribution < 1.29 is 0 Å². The van der Waals surface area contributed by atoms with Crippen LogP contribution in [0.25, 0.3) is 0 Å². The first kappa shape index (κ1) is 12.4. The standard InChI is InChI=1S/C14H23N3/c1-11(2)17-8-7-13(10-17)9-15-14-6-4-5-12(3)16-14/h4-6,11,13H,7-10H2,1-3H3,(H,15,16). The molecular weight excluding hydrogens is 210 g/mol. The number of pyridine rings is 1. The van der Waals surface area contributed by atoms with Crippen LogP contribution < -0.4 is 5.32 Å². The van der Waals surface area contributed by atoms with Crippen molar-refractivity contribution in [2.45, 2.75) is 33.2 Å². The van der Waals surface area contributed by atoms with Crippen molar-refractivity contribution in [3.63, 3.8) is 0 Å². The minimum absolute atomic E-state index is 0.678. The van der Waals surface area contributed by atoms with Crippen LogP contribution in [0.2, 0.25) is 0 Å². The van der Waals surface area contributed by atoms with Crippen LogP contribution in [0.15, 0.2) is 18.2 Å². The highest BCUT2D eigenvalue weighted by molar-refractivity contribution is 5.35. The van der Waals surface area contributed by atoms with Crippen LogP contribution in [0.3, 0.4) is 0 Å². The number of nitrogens with one attached hydrogen (secondary N) is 1. The van der Waals surface area contributed by atoms with E-state index in [1.165, 1.54) is 19.5 Å². The van der Waals surface area contributed by atoms with E-state index >= 15 is 0 Å². The maximum Gasteiger partial charge on any atom is 0.126 e. The molecule has 1 aromatic heterocycles. The van der Waals surface area contributed by atoms with Crippen LogP contribution in [-0.4, -0.2) is 35.6 Å². The van der Waals surface area contributed by atoms with Gasteiger partial charge in [0.05, 0.1) is 0 Å². The van der Waals surface area contributed by atoms with Gasteiger partial charge in [0.15, 0.2) is 0 Å². The van der Waals surface area contributed by atoms with Crippen LogP contribution in [0.5, 0.6) is 0 Å². The van der Waals surface area contributed by atoms with Crippen LogP contribution in [0, 0.1) is 12.8 Å². The molecule has 3 nitrogen and oxygen atoms in total. The van der Waals surface area contributed by atoms with Crippen LogP contribution in [0.1, 0.15) is 26.0 Å². The Labute approximate surface area is 104 Å². The summed E-state index contributed by atoms with van der Waals surface area (Å²) in [7, 11) is 0. The van der Waals surface area contributed by atoms with Crippen molar-refractivity contribution >= 4 is 5.82 Å². The Hall–Kier alpha value is -1.09. The second-order valence-corrected chi connectivity index (χ2v) is 5.29. The zero-order valence-electron chi connectivity index (χ0n) is 11.1. The summed E-state index contributed by atoms with van der Waals surface area (Å²) in [5.41, 5.74) is 1.07. The van der Waals surface area contributed by atoms with E-state index in [1.807, 2.05) is 19.1 Å². The zero-order valence-corrected chi connectivity index (χ0v) is 11.1. The average Bonchev–Trinajstić information content (AvgIpc) is 2.75. The molecule has 1 N–H and O–H groups in total. The average molecular weight is 233 g/mol. The summed E-state index contributed by atoms with van der Waals surface area (Å²) in [6.45, 7) is 10.1. The van der Waals surface area contributed by atoms with E-state index in [9.17, 15) is 0 Å². The van der Waals surface area contributed by atoms with E-state index in [0.29, 0.717) is 6.04 Å². The lowest BCUT2D eigenvalue weighted by atomic mass is 10.1. The molecule has 1 saturated heterocycles. The van der Waals surface area contributed by atoms with Crippen LogP contribution >= 0.6 is 0 Å². The Morgan fingerprint density at radius 1 is 1.47 bits per heavy atom. The predicted molar refractivity (Wildman–Crippen MR) is 72.3 cm³/mol. The fourth-order valence-electron chi connectivity index (χ4n) is 2.39. The van der Waals surface area contributed by atoms with E-state index in [0.717, 1.165) is 24.0 Å². The number of hydrogen-bond donors (Lipinski definition) is 1. The zero-order chi connectivity index (χ0) is 12.3. The van der Waals surface area contributed by atoms with Gasteiger partial charge in [0.2, 0.25) is 0 Å². The molecule has 1 aliphatic rings. The summed E-state index contributed by atoms with van der Waals surface area (Å²) in [6, 6.07) is 6.81. The van der Waals surface area contributed by atoms with Gasteiger partial charge in [-0.2, -0.15) is 0 Å². The molecule has 0 radical (unpaired) electrons. The molecule has 0 aromatic carbocycles. The highest BCUT2D eigenvalue weighted by atomic mass is 15.2. The highest BCUT2D eigenvalue weighted by Crippen LogP contribution is 2.18. The van der Waals surface area contributed by atoms with Gasteiger partial charge >= 0.3 is 0 Å². The minimum atomic E-state index is 0.678. The fraction of sp³-hybridized carbons (Fsp3) is 0.643. The summed E-state index contributed by atoms with van der Waals surface area (Å²) in [6.07, 6.45) is 1.30. The molecule has 0 spiro atoms. The topological polar surface area (TPSA) is 28.2 Å². The SMILES string of the molecule is Cc1cccc(NCC2CCN(C(C)C)C2)n1. The first-order chi connectivity index (χ1) is 8.15.